The van der Waals surface area contributed by atoms with Gasteiger partial charge in [-0.2, -0.15) is 5.26 Å². The molecular formula is C17H17N5O. The Kier molecular flexibility index (Phi) is 4.20. The number of hydrogen-bond donors (Lipinski definition) is 1. The van der Waals surface area contributed by atoms with Gasteiger partial charge in [0.25, 0.3) is 5.91 Å². The lowest BCUT2D eigenvalue weighted by Gasteiger charge is -2.27. The molecule has 0 atom stereocenters. The maximum Gasteiger partial charge on any atom is 0.267 e. The Morgan fingerprint density at radius 1 is 1.13 bits per heavy atom. The molecule has 0 spiro atoms. The summed E-state index contributed by atoms with van der Waals surface area (Å²) in [5.74, 6) is -0.0269. The number of nitriles is 1. The molecule has 1 aromatic carbocycles. The van der Waals surface area contributed by atoms with E-state index < -0.39 is 5.91 Å². The number of aromatic nitrogens is 2. The Morgan fingerprint density at radius 3 is 2.43 bits per heavy atom. The fraction of sp³-hybridized carbons (Fsp3) is 0.294. The second-order valence-electron chi connectivity index (χ2n) is 5.54. The third-order valence-corrected chi connectivity index (χ3v) is 3.92. The van der Waals surface area contributed by atoms with E-state index in [1.807, 2.05) is 12.1 Å². The van der Waals surface area contributed by atoms with Crippen molar-refractivity contribution in [2.75, 3.05) is 18.0 Å². The van der Waals surface area contributed by atoms with Crippen molar-refractivity contribution in [3.8, 4) is 17.3 Å². The molecule has 1 aliphatic rings. The SMILES string of the molecule is N#Cc1ccc(-c2cc(C(N)=O)nc(N3CCCCC3)n2)cc1. The molecule has 23 heavy (non-hydrogen) atoms. The van der Waals surface area contributed by atoms with E-state index in [2.05, 4.69) is 20.9 Å². The van der Waals surface area contributed by atoms with Crippen molar-refractivity contribution in [2.45, 2.75) is 19.3 Å². The highest BCUT2D eigenvalue weighted by molar-refractivity contribution is 5.92. The number of piperidine rings is 1. The molecule has 0 saturated carbocycles. The van der Waals surface area contributed by atoms with Crippen LogP contribution in [0.25, 0.3) is 11.3 Å². The Bertz CT molecular complexity index is 758. The molecule has 0 unspecified atom stereocenters. The lowest BCUT2D eigenvalue weighted by molar-refractivity contribution is 0.0995. The summed E-state index contributed by atoms with van der Waals surface area (Å²) in [4.78, 5) is 22.6. The zero-order chi connectivity index (χ0) is 16.2. The van der Waals surface area contributed by atoms with Gasteiger partial charge in [0.15, 0.2) is 0 Å². The third kappa shape index (κ3) is 3.29. The van der Waals surface area contributed by atoms with Crippen LogP contribution < -0.4 is 10.6 Å². The molecule has 2 aromatic rings. The van der Waals surface area contributed by atoms with Crippen molar-refractivity contribution >= 4 is 11.9 Å². The third-order valence-electron chi connectivity index (χ3n) is 3.92. The smallest absolute Gasteiger partial charge is 0.267 e. The summed E-state index contributed by atoms with van der Waals surface area (Å²) in [6, 6.07) is 10.7. The highest BCUT2D eigenvalue weighted by Gasteiger charge is 2.17. The molecule has 0 radical (unpaired) electrons. The standard InChI is InChI=1S/C17H17N5O/c18-11-12-4-6-13(7-5-12)14-10-15(16(19)23)21-17(20-14)22-8-2-1-3-9-22/h4-7,10H,1-3,8-9H2,(H2,19,23). The highest BCUT2D eigenvalue weighted by Crippen LogP contribution is 2.23. The highest BCUT2D eigenvalue weighted by atomic mass is 16.1. The molecule has 1 aliphatic heterocycles. The van der Waals surface area contributed by atoms with Gasteiger partial charge in [0.2, 0.25) is 5.95 Å². The van der Waals surface area contributed by atoms with Gasteiger partial charge in [-0.1, -0.05) is 12.1 Å². The summed E-state index contributed by atoms with van der Waals surface area (Å²) in [6.07, 6.45) is 3.39. The molecule has 0 bridgehead atoms. The molecule has 1 aromatic heterocycles. The van der Waals surface area contributed by atoms with Crippen molar-refractivity contribution in [1.82, 2.24) is 9.97 Å². The number of nitrogens with two attached hydrogens (primary N) is 1. The molecule has 0 aliphatic carbocycles. The van der Waals surface area contributed by atoms with Crippen LogP contribution in [0.3, 0.4) is 0 Å². The van der Waals surface area contributed by atoms with Gasteiger partial charge in [0.05, 0.1) is 17.3 Å². The van der Waals surface area contributed by atoms with Gasteiger partial charge in [-0.3, -0.25) is 4.79 Å². The van der Waals surface area contributed by atoms with Gasteiger partial charge in [-0.15, -0.1) is 0 Å². The van der Waals surface area contributed by atoms with Crippen LogP contribution in [0.4, 0.5) is 5.95 Å². The van der Waals surface area contributed by atoms with E-state index in [1.165, 1.54) is 6.42 Å². The van der Waals surface area contributed by atoms with Crippen LogP contribution in [0.5, 0.6) is 0 Å². The van der Waals surface area contributed by atoms with Gasteiger partial charge < -0.3 is 10.6 Å². The first-order valence-electron chi connectivity index (χ1n) is 7.62. The minimum Gasteiger partial charge on any atom is -0.364 e. The molecule has 1 saturated heterocycles. The van der Waals surface area contributed by atoms with Crippen molar-refractivity contribution in [1.29, 1.82) is 5.26 Å². The van der Waals surface area contributed by atoms with Crippen LogP contribution in [0, 0.1) is 11.3 Å². The first-order valence-corrected chi connectivity index (χ1v) is 7.62. The second-order valence-corrected chi connectivity index (χ2v) is 5.54. The molecule has 6 heteroatoms. The second kappa shape index (κ2) is 6.44. The van der Waals surface area contributed by atoms with Crippen LogP contribution in [0.1, 0.15) is 35.3 Å². The van der Waals surface area contributed by atoms with E-state index in [9.17, 15) is 4.79 Å². The molecule has 116 valence electrons. The van der Waals surface area contributed by atoms with E-state index in [1.54, 1.807) is 18.2 Å². The monoisotopic (exact) mass is 307 g/mol. The van der Waals surface area contributed by atoms with Gasteiger partial charge in [-0.25, -0.2) is 9.97 Å². The minimum absolute atomic E-state index is 0.208. The number of benzene rings is 1. The minimum atomic E-state index is -0.569. The Morgan fingerprint density at radius 2 is 1.83 bits per heavy atom. The molecular weight excluding hydrogens is 290 g/mol. The number of primary amides is 1. The fourth-order valence-corrected chi connectivity index (χ4v) is 2.66. The van der Waals surface area contributed by atoms with E-state index in [0.717, 1.165) is 31.5 Å². The molecule has 2 heterocycles. The average molecular weight is 307 g/mol. The zero-order valence-corrected chi connectivity index (χ0v) is 12.7. The van der Waals surface area contributed by atoms with Crippen LogP contribution in [-0.2, 0) is 0 Å². The predicted molar refractivity (Wildman–Crippen MR) is 86.8 cm³/mol. The first-order chi connectivity index (χ1) is 11.2. The molecule has 1 amide bonds. The number of anilines is 1. The van der Waals surface area contributed by atoms with Crippen molar-refractivity contribution in [3.05, 3.63) is 41.6 Å². The van der Waals surface area contributed by atoms with E-state index in [-0.39, 0.29) is 5.69 Å². The van der Waals surface area contributed by atoms with Gasteiger partial charge >= 0.3 is 0 Å². The predicted octanol–water partition coefficient (Wildman–Crippen LogP) is 2.10. The Hall–Kier alpha value is -2.94. The first kappa shape index (κ1) is 15.0. The molecule has 3 rings (SSSR count). The van der Waals surface area contributed by atoms with Gasteiger partial charge in [0.1, 0.15) is 5.69 Å². The van der Waals surface area contributed by atoms with Gasteiger partial charge in [0, 0.05) is 18.7 Å². The summed E-state index contributed by atoms with van der Waals surface area (Å²) in [6.45, 7) is 1.77. The lowest BCUT2D eigenvalue weighted by atomic mass is 10.1. The normalized spacial score (nSPS) is 14.3. The largest absolute Gasteiger partial charge is 0.364 e. The van der Waals surface area contributed by atoms with Crippen LogP contribution in [0.15, 0.2) is 30.3 Å². The number of carbonyl (C=O) groups excluding carboxylic acids is 1. The number of amides is 1. The average Bonchev–Trinajstić information content (AvgIpc) is 2.62. The maximum atomic E-state index is 11.6. The Labute approximate surface area is 134 Å². The van der Waals surface area contributed by atoms with E-state index in [0.29, 0.717) is 17.2 Å². The van der Waals surface area contributed by atoms with Crippen LogP contribution in [-0.4, -0.2) is 29.0 Å². The van der Waals surface area contributed by atoms with Crippen LogP contribution in [0.2, 0.25) is 0 Å². The van der Waals surface area contributed by atoms with Crippen molar-refractivity contribution in [2.24, 2.45) is 5.73 Å². The maximum absolute atomic E-state index is 11.6. The summed E-state index contributed by atoms with van der Waals surface area (Å²) in [7, 11) is 0. The number of carbonyl (C=O) groups is 1. The van der Waals surface area contributed by atoms with E-state index >= 15 is 0 Å². The molecule has 1 fully saturated rings. The van der Waals surface area contributed by atoms with Crippen LogP contribution >= 0.6 is 0 Å². The summed E-state index contributed by atoms with van der Waals surface area (Å²) in [5.41, 5.74) is 7.66. The number of nitrogens with zero attached hydrogens (tertiary/aromatic N) is 4. The quantitative estimate of drug-likeness (QED) is 0.936. The molecule has 6 nitrogen and oxygen atoms in total. The Balaban J connectivity index is 2.02. The zero-order valence-electron chi connectivity index (χ0n) is 12.7. The number of rotatable bonds is 3. The van der Waals surface area contributed by atoms with Gasteiger partial charge in [-0.05, 0) is 37.5 Å². The van der Waals surface area contributed by atoms with Crippen molar-refractivity contribution < 1.29 is 4.79 Å². The summed E-state index contributed by atoms with van der Waals surface area (Å²) >= 11 is 0. The summed E-state index contributed by atoms with van der Waals surface area (Å²) < 4.78 is 0. The number of hydrogen-bond acceptors (Lipinski definition) is 5. The topological polar surface area (TPSA) is 95.9 Å². The van der Waals surface area contributed by atoms with Crippen molar-refractivity contribution in [3.63, 3.8) is 0 Å². The van der Waals surface area contributed by atoms with E-state index in [4.69, 9.17) is 11.0 Å². The lowest BCUT2D eigenvalue weighted by Crippen LogP contribution is -2.31. The summed E-state index contributed by atoms with van der Waals surface area (Å²) in [5, 5.41) is 8.89. The fourth-order valence-electron chi connectivity index (χ4n) is 2.66. The molecule has 2 N–H and O–H groups in total.